The van der Waals surface area contributed by atoms with Crippen molar-refractivity contribution in [2.75, 3.05) is 22.4 Å². The lowest BCUT2D eigenvalue weighted by Crippen LogP contribution is -2.33. The third-order valence-corrected chi connectivity index (χ3v) is 5.40. The molecule has 0 radical (unpaired) electrons. The zero-order chi connectivity index (χ0) is 19.5. The fourth-order valence-corrected chi connectivity index (χ4v) is 3.91. The van der Waals surface area contributed by atoms with E-state index >= 15 is 0 Å². The van der Waals surface area contributed by atoms with Gasteiger partial charge >= 0.3 is 0 Å². The highest BCUT2D eigenvalue weighted by Gasteiger charge is 2.19. The standard InChI is InChI=1S/C20H26N2O3S/c1-14-6-8-18(9-7-14)22(26(5,24)25)11-10-19(23)21-20-16(3)12-15(2)13-17(20)4/h6-9,12-13H,10-11H2,1-5H3,(H,21,23). The Hall–Kier alpha value is -2.34. The summed E-state index contributed by atoms with van der Waals surface area (Å²) in [7, 11) is -3.47. The van der Waals surface area contributed by atoms with E-state index in [0.717, 1.165) is 34.2 Å². The van der Waals surface area contributed by atoms with Crippen molar-refractivity contribution in [1.82, 2.24) is 0 Å². The number of nitrogens with one attached hydrogen (secondary N) is 1. The minimum absolute atomic E-state index is 0.0771. The first kappa shape index (κ1) is 20.0. The molecule has 2 rings (SSSR count). The number of carbonyl (C=O) groups is 1. The monoisotopic (exact) mass is 374 g/mol. The largest absolute Gasteiger partial charge is 0.326 e. The van der Waals surface area contributed by atoms with Crippen LogP contribution in [0.4, 0.5) is 11.4 Å². The highest BCUT2D eigenvalue weighted by atomic mass is 32.2. The van der Waals surface area contributed by atoms with Gasteiger partial charge in [-0.3, -0.25) is 9.10 Å². The summed E-state index contributed by atoms with van der Waals surface area (Å²) in [5.74, 6) is -0.208. The van der Waals surface area contributed by atoms with Crippen molar-refractivity contribution >= 4 is 27.3 Å². The summed E-state index contributed by atoms with van der Waals surface area (Å²) >= 11 is 0. The maximum atomic E-state index is 12.4. The Morgan fingerprint density at radius 1 is 0.962 bits per heavy atom. The van der Waals surface area contributed by atoms with Crippen molar-refractivity contribution < 1.29 is 13.2 Å². The molecule has 140 valence electrons. The molecule has 0 saturated heterocycles. The third kappa shape index (κ3) is 5.08. The molecule has 0 aliphatic carbocycles. The maximum Gasteiger partial charge on any atom is 0.232 e. The number of carbonyl (C=O) groups excluding carboxylic acids is 1. The zero-order valence-corrected chi connectivity index (χ0v) is 16.8. The zero-order valence-electron chi connectivity index (χ0n) is 16.0. The van der Waals surface area contributed by atoms with Crippen molar-refractivity contribution in [2.24, 2.45) is 0 Å². The topological polar surface area (TPSA) is 66.5 Å². The quantitative estimate of drug-likeness (QED) is 0.838. The van der Waals surface area contributed by atoms with Crippen LogP contribution >= 0.6 is 0 Å². The van der Waals surface area contributed by atoms with Gasteiger partial charge in [0.05, 0.1) is 11.9 Å². The number of rotatable bonds is 6. The van der Waals surface area contributed by atoms with Crippen molar-refractivity contribution in [2.45, 2.75) is 34.1 Å². The highest BCUT2D eigenvalue weighted by Crippen LogP contribution is 2.23. The number of anilines is 2. The molecule has 0 atom stereocenters. The van der Waals surface area contributed by atoms with Crippen LogP contribution in [0.2, 0.25) is 0 Å². The molecule has 0 spiro atoms. The third-order valence-electron chi connectivity index (χ3n) is 4.21. The van der Waals surface area contributed by atoms with Crippen LogP contribution in [0.15, 0.2) is 36.4 Å². The second-order valence-corrected chi connectivity index (χ2v) is 8.65. The van der Waals surface area contributed by atoms with Gasteiger partial charge in [-0.25, -0.2) is 8.42 Å². The first-order valence-corrected chi connectivity index (χ1v) is 10.3. The van der Waals surface area contributed by atoms with E-state index in [1.807, 2.05) is 52.0 Å². The van der Waals surface area contributed by atoms with E-state index in [2.05, 4.69) is 5.32 Å². The van der Waals surface area contributed by atoms with Crippen LogP contribution in [-0.4, -0.2) is 27.1 Å². The van der Waals surface area contributed by atoms with Gasteiger partial charge in [0.2, 0.25) is 15.9 Å². The van der Waals surface area contributed by atoms with Crippen LogP contribution in [0.1, 0.15) is 28.7 Å². The molecule has 0 aromatic heterocycles. The predicted octanol–water partition coefficient (Wildman–Crippen LogP) is 3.72. The van der Waals surface area contributed by atoms with Crippen LogP contribution in [-0.2, 0) is 14.8 Å². The Kier molecular flexibility index (Phi) is 6.08. The van der Waals surface area contributed by atoms with Gasteiger partial charge in [0.15, 0.2) is 0 Å². The summed E-state index contributed by atoms with van der Waals surface area (Å²) in [6.07, 6.45) is 1.23. The molecule has 6 heteroatoms. The van der Waals surface area contributed by atoms with Crippen LogP contribution in [0, 0.1) is 27.7 Å². The summed E-state index contributed by atoms with van der Waals surface area (Å²) in [5, 5.41) is 2.91. The Morgan fingerprint density at radius 3 is 2.00 bits per heavy atom. The molecule has 5 nitrogen and oxygen atoms in total. The molecule has 2 aromatic rings. The predicted molar refractivity (Wildman–Crippen MR) is 107 cm³/mol. The molecule has 1 amide bonds. The normalized spacial score (nSPS) is 11.3. The van der Waals surface area contributed by atoms with Gasteiger partial charge in [0, 0.05) is 18.7 Å². The molecule has 0 unspecified atom stereocenters. The Balaban J connectivity index is 2.12. The molecular weight excluding hydrogens is 348 g/mol. The molecular formula is C20H26N2O3S. The van der Waals surface area contributed by atoms with E-state index in [1.54, 1.807) is 12.1 Å². The lowest BCUT2D eigenvalue weighted by molar-refractivity contribution is -0.116. The Bertz CT molecular complexity index is 880. The van der Waals surface area contributed by atoms with Crippen LogP contribution in [0.25, 0.3) is 0 Å². The molecule has 2 aromatic carbocycles. The summed E-state index contributed by atoms with van der Waals surface area (Å²) < 4.78 is 25.5. The average molecular weight is 375 g/mol. The summed E-state index contributed by atoms with van der Waals surface area (Å²) in [5.41, 5.74) is 5.53. The van der Waals surface area contributed by atoms with Gasteiger partial charge in [-0.2, -0.15) is 0 Å². The summed E-state index contributed by atoms with van der Waals surface area (Å²) in [6, 6.07) is 11.2. The lowest BCUT2D eigenvalue weighted by atomic mass is 10.1. The van der Waals surface area contributed by atoms with Crippen LogP contribution < -0.4 is 9.62 Å². The number of nitrogens with zero attached hydrogens (tertiary/aromatic N) is 1. The molecule has 0 heterocycles. The Morgan fingerprint density at radius 2 is 1.50 bits per heavy atom. The van der Waals surface area contributed by atoms with Gasteiger partial charge in [-0.1, -0.05) is 35.4 Å². The number of hydrogen-bond acceptors (Lipinski definition) is 3. The average Bonchev–Trinajstić information content (AvgIpc) is 2.51. The molecule has 1 N–H and O–H groups in total. The Labute approximate surface area is 156 Å². The molecule has 0 aliphatic heterocycles. The van der Waals surface area contributed by atoms with Crippen molar-refractivity contribution in [1.29, 1.82) is 0 Å². The number of hydrogen-bond donors (Lipinski definition) is 1. The number of amides is 1. The van der Waals surface area contributed by atoms with Gasteiger partial charge in [0.1, 0.15) is 0 Å². The van der Waals surface area contributed by atoms with Gasteiger partial charge in [-0.05, 0) is 51.0 Å². The van der Waals surface area contributed by atoms with E-state index in [1.165, 1.54) is 4.31 Å². The number of aryl methyl sites for hydroxylation is 4. The van der Waals surface area contributed by atoms with Crippen LogP contribution in [0.3, 0.4) is 0 Å². The second-order valence-electron chi connectivity index (χ2n) is 6.74. The smallest absolute Gasteiger partial charge is 0.232 e. The van der Waals surface area contributed by atoms with Crippen molar-refractivity contribution in [3.05, 3.63) is 58.7 Å². The minimum Gasteiger partial charge on any atom is -0.326 e. The fraction of sp³-hybridized carbons (Fsp3) is 0.350. The van der Waals surface area contributed by atoms with Crippen molar-refractivity contribution in [3.63, 3.8) is 0 Å². The van der Waals surface area contributed by atoms with Gasteiger partial charge < -0.3 is 5.32 Å². The van der Waals surface area contributed by atoms with Gasteiger partial charge in [0.25, 0.3) is 0 Å². The van der Waals surface area contributed by atoms with E-state index in [4.69, 9.17) is 0 Å². The maximum absolute atomic E-state index is 12.4. The van der Waals surface area contributed by atoms with E-state index in [0.29, 0.717) is 5.69 Å². The summed E-state index contributed by atoms with van der Waals surface area (Å²) in [4.78, 5) is 12.4. The van der Waals surface area contributed by atoms with Crippen LogP contribution in [0.5, 0.6) is 0 Å². The SMILES string of the molecule is Cc1ccc(N(CCC(=O)Nc2c(C)cc(C)cc2C)S(C)(=O)=O)cc1. The molecule has 0 saturated carbocycles. The molecule has 0 aliphatic rings. The number of sulfonamides is 1. The highest BCUT2D eigenvalue weighted by molar-refractivity contribution is 7.92. The number of benzene rings is 2. The first-order valence-electron chi connectivity index (χ1n) is 8.50. The van der Waals surface area contributed by atoms with E-state index < -0.39 is 10.0 Å². The second kappa shape index (κ2) is 7.91. The molecule has 26 heavy (non-hydrogen) atoms. The summed E-state index contributed by atoms with van der Waals surface area (Å²) in [6.45, 7) is 7.94. The first-order chi connectivity index (χ1) is 12.1. The van der Waals surface area contributed by atoms with Crippen molar-refractivity contribution in [3.8, 4) is 0 Å². The minimum atomic E-state index is -3.47. The lowest BCUT2D eigenvalue weighted by Gasteiger charge is -2.22. The molecule has 0 bridgehead atoms. The fourth-order valence-electron chi connectivity index (χ4n) is 2.98. The van der Waals surface area contributed by atoms with E-state index in [-0.39, 0.29) is 18.9 Å². The molecule has 0 fully saturated rings. The van der Waals surface area contributed by atoms with Gasteiger partial charge in [-0.15, -0.1) is 0 Å². The van der Waals surface area contributed by atoms with E-state index in [9.17, 15) is 13.2 Å².